The molecule has 3 fully saturated rings. The fourth-order valence-electron chi connectivity index (χ4n) is 7.59. The summed E-state index contributed by atoms with van der Waals surface area (Å²) < 4.78 is 11.7. The molecule has 1 heterocycles. The topological polar surface area (TPSA) is 94.8 Å². The van der Waals surface area contributed by atoms with Gasteiger partial charge in [0.15, 0.2) is 0 Å². The highest BCUT2D eigenvalue weighted by atomic mass is 16.5. The lowest BCUT2D eigenvalue weighted by Crippen LogP contribution is -2.74. The normalized spacial score (nSPS) is 25.0. The first-order valence-corrected chi connectivity index (χ1v) is 14.1. The largest absolute Gasteiger partial charge is 0.495 e. The van der Waals surface area contributed by atoms with E-state index in [4.69, 9.17) is 9.47 Å². The highest BCUT2D eigenvalue weighted by molar-refractivity contribution is 5.95. The molecule has 3 aliphatic rings. The van der Waals surface area contributed by atoms with Crippen molar-refractivity contribution < 1.29 is 19.4 Å². The van der Waals surface area contributed by atoms with Gasteiger partial charge in [0.2, 0.25) is 0 Å². The van der Waals surface area contributed by atoms with E-state index in [-0.39, 0.29) is 35.0 Å². The Morgan fingerprint density at radius 3 is 2.33 bits per heavy atom. The molecule has 0 aromatic heterocycles. The number of benzene rings is 2. The number of anilines is 1. The number of nitrogens with zero attached hydrogens (tertiary/aromatic N) is 2. The number of carbonyl (C=O) groups is 1. The predicted octanol–water partition coefficient (Wildman–Crippen LogP) is 5.31. The summed E-state index contributed by atoms with van der Waals surface area (Å²) >= 11 is 0. The maximum atomic E-state index is 13.3. The molecule has 7 nitrogen and oxygen atoms in total. The number of nitriles is 1. The molecule has 0 unspecified atom stereocenters. The van der Waals surface area contributed by atoms with Crippen molar-refractivity contribution in [2.24, 2.45) is 16.2 Å². The monoisotopic (exact) mass is 531 g/mol. The average molecular weight is 532 g/mol. The number of hydrogen-bond donors (Lipinski definition) is 2. The molecule has 1 spiro atoms. The molecule has 2 aromatic rings. The Bertz CT molecular complexity index is 1240. The van der Waals surface area contributed by atoms with Crippen molar-refractivity contribution in [2.45, 2.75) is 78.0 Å². The van der Waals surface area contributed by atoms with Crippen LogP contribution in [-0.2, 0) is 0 Å². The van der Waals surface area contributed by atoms with E-state index in [1.165, 1.54) is 6.42 Å². The Hall–Kier alpha value is -3.24. The maximum Gasteiger partial charge on any atom is 0.251 e. The third-order valence-corrected chi connectivity index (χ3v) is 9.61. The third-order valence-electron chi connectivity index (χ3n) is 9.61. The first-order valence-electron chi connectivity index (χ1n) is 14.1. The van der Waals surface area contributed by atoms with Crippen LogP contribution in [0.15, 0.2) is 42.5 Å². The van der Waals surface area contributed by atoms with E-state index < -0.39 is 0 Å². The summed E-state index contributed by atoms with van der Waals surface area (Å²) in [5, 5.41) is 22.5. The number of aliphatic hydroxyl groups is 1. The molecule has 1 amide bonds. The lowest BCUT2D eigenvalue weighted by molar-refractivity contribution is -0.164. The first-order chi connectivity index (χ1) is 18.5. The Labute approximate surface area is 232 Å². The summed E-state index contributed by atoms with van der Waals surface area (Å²) in [6.45, 7) is 10.5. The molecule has 0 atom stereocenters. The van der Waals surface area contributed by atoms with E-state index in [0.29, 0.717) is 28.0 Å². The third kappa shape index (κ3) is 4.96. The van der Waals surface area contributed by atoms with Crippen LogP contribution in [0.3, 0.4) is 0 Å². The molecule has 1 saturated heterocycles. The highest BCUT2D eigenvalue weighted by Gasteiger charge is 2.64. The second kappa shape index (κ2) is 10.1. The molecular weight excluding hydrogens is 490 g/mol. The highest BCUT2D eigenvalue weighted by Crippen LogP contribution is 2.55. The molecule has 2 aromatic carbocycles. The molecule has 208 valence electrons. The summed E-state index contributed by atoms with van der Waals surface area (Å²) in [6, 6.07) is 15.3. The number of amides is 1. The molecule has 7 heteroatoms. The molecule has 2 N–H and O–H groups in total. The minimum absolute atomic E-state index is 0.0784. The van der Waals surface area contributed by atoms with Gasteiger partial charge in [0.05, 0.1) is 18.8 Å². The standard InChI is InChI=1S/C32H41N3O4/c1-30(2)28(31(3,4)29(30)39-25-11-8-22(19-33)26(18-25)38-5)34-27(37)21-6-9-23(10-7-21)35-17-16-32(20-35)14-12-24(36)13-15-32/h6-11,18,24,28-29,36H,12-17,20H2,1-5H3,(H,34,37). The van der Waals surface area contributed by atoms with Gasteiger partial charge in [-0.1, -0.05) is 27.7 Å². The van der Waals surface area contributed by atoms with Crippen molar-refractivity contribution in [3.63, 3.8) is 0 Å². The van der Waals surface area contributed by atoms with Crippen LogP contribution in [0.4, 0.5) is 5.69 Å². The Morgan fingerprint density at radius 2 is 1.72 bits per heavy atom. The van der Waals surface area contributed by atoms with Crippen LogP contribution in [-0.4, -0.2) is 49.5 Å². The van der Waals surface area contributed by atoms with Crippen LogP contribution < -0.4 is 19.7 Å². The molecule has 0 bridgehead atoms. The van der Waals surface area contributed by atoms with Crippen LogP contribution >= 0.6 is 0 Å². The van der Waals surface area contributed by atoms with Gasteiger partial charge in [0.25, 0.3) is 5.91 Å². The van der Waals surface area contributed by atoms with Crippen molar-refractivity contribution in [1.29, 1.82) is 5.26 Å². The van der Waals surface area contributed by atoms with Gasteiger partial charge in [0.1, 0.15) is 23.7 Å². The SMILES string of the molecule is COc1cc(OC2C(C)(C)C(NC(=O)c3ccc(N4CCC5(CCC(O)CC5)C4)cc3)C2(C)C)ccc1C#N. The second-order valence-electron chi connectivity index (χ2n) is 13.0. The number of nitrogens with one attached hydrogen (secondary N) is 1. The van der Waals surface area contributed by atoms with E-state index in [2.05, 4.69) is 56.1 Å². The molecule has 39 heavy (non-hydrogen) atoms. The molecule has 2 saturated carbocycles. The van der Waals surface area contributed by atoms with Crippen molar-refractivity contribution in [3.8, 4) is 17.6 Å². The first kappa shape index (κ1) is 27.3. The van der Waals surface area contributed by atoms with E-state index in [1.54, 1.807) is 25.3 Å². The number of rotatable bonds is 6. The molecule has 5 rings (SSSR count). The van der Waals surface area contributed by atoms with E-state index in [1.807, 2.05) is 12.1 Å². The zero-order valence-corrected chi connectivity index (χ0v) is 23.8. The summed E-state index contributed by atoms with van der Waals surface area (Å²) in [7, 11) is 1.54. The van der Waals surface area contributed by atoms with Crippen molar-refractivity contribution >= 4 is 11.6 Å². The molecular formula is C32H41N3O4. The van der Waals surface area contributed by atoms with Crippen molar-refractivity contribution in [3.05, 3.63) is 53.6 Å². The van der Waals surface area contributed by atoms with Gasteiger partial charge in [-0.15, -0.1) is 0 Å². The van der Waals surface area contributed by atoms with Crippen LogP contribution in [0.2, 0.25) is 0 Å². The van der Waals surface area contributed by atoms with Gasteiger partial charge in [-0.3, -0.25) is 4.79 Å². The maximum absolute atomic E-state index is 13.3. The van der Waals surface area contributed by atoms with Gasteiger partial charge < -0.3 is 24.8 Å². The summed E-state index contributed by atoms with van der Waals surface area (Å²) in [5.41, 5.74) is 1.99. The van der Waals surface area contributed by atoms with E-state index in [9.17, 15) is 15.2 Å². The number of aliphatic hydroxyl groups excluding tert-OH is 1. The minimum Gasteiger partial charge on any atom is -0.495 e. The minimum atomic E-state index is -0.308. The zero-order chi connectivity index (χ0) is 28.0. The molecule has 0 radical (unpaired) electrons. The predicted molar refractivity (Wildman–Crippen MR) is 151 cm³/mol. The number of methoxy groups -OCH3 is 1. The van der Waals surface area contributed by atoms with Crippen LogP contribution in [0.5, 0.6) is 11.5 Å². The second-order valence-corrected chi connectivity index (χ2v) is 13.0. The van der Waals surface area contributed by atoms with Gasteiger partial charge in [-0.25, -0.2) is 0 Å². The van der Waals surface area contributed by atoms with Gasteiger partial charge in [0, 0.05) is 47.3 Å². The van der Waals surface area contributed by atoms with E-state index in [0.717, 1.165) is 44.5 Å². The fraction of sp³-hybridized carbons (Fsp3) is 0.562. The lowest BCUT2D eigenvalue weighted by Gasteiger charge is -2.63. The quantitative estimate of drug-likeness (QED) is 0.525. The zero-order valence-electron chi connectivity index (χ0n) is 23.8. The number of ether oxygens (including phenoxy) is 2. The lowest BCUT2D eigenvalue weighted by atomic mass is 9.49. The number of hydrogen-bond acceptors (Lipinski definition) is 6. The Morgan fingerprint density at radius 1 is 1.05 bits per heavy atom. The van der Waals surface area contributed by atoms with Gasteiger partial charge >= 0.3 is 0 Å². The van der Waals surface area contributed by atoms with Gasteiger partial charge in [-0.05, 0) is 73.9 Å². The summed E-state index contributed by atoms with van der Waals surface area (Å²) in [6.07, 6.45) is 4.92. The summed E-state index contributed by atoms with van der Waals surface area (Å²) in [5.74, 6) is 1.05. The smallest absolute Gasteiger partial charge is 0.251 e. The van der Waals surface area contributed by atoms with Crippen molar-refractivity contribution in [2.75, 3.05) is 25.1 Å². The average Bonchev–Trinajstić information content (AvgIpc) is 3.35. The van der Waals surface area contributed by atoms with Crippen LogP contribution in [0.25, 0.3) is 0 Å². The molecule has 1 aliphatic heterocycles. The van der Waals surface area contributed by atoms with E-state index >= 15 is 0 Å². The molecule has 2 aliphatic carbocycles. The Kier molecular flexibility index (Phi) is 7.05. The number of carbonyl (C=O) groups excluding carboxylic acids is 1. The van der Waals surface area contributed by atoms with Crippen molar-refractivity contribution in [1.82, 2.24) is 5.32 Å². The van der Waals surface area contributed by atoms with Crippen LogP contribution in [0, 0.1) is 27.6 Å². The fourth-order valence-corrected chi connectivity index (χ4v) is 7.59. The van der Waals surface area contributed by atoms with Gasteiger partial charge in [-0.2, -0.15) is 5.26 Å². The van der Waals surface area contributed by atoms with Crippen LogP contribution in [0.1, 0.15) is 75.7 Å². The summed E-state index contributed by atoms with van der Waals surface area (Å²) in [4.78, 5) is 15.7. The Balaban J connectivity index is 1.22.